The van der Waals surface area contributed by atoms with Crippen molar-refractivity contribution in [3.63, 3.8) is 0 Å². The number of carboxylic acid groups (broad SMARTS) is 1. The first-order valence-electron chi connectivity index (χ1n) is 6.34. The van der Waals surface area contributed by atoms with Crippen molar-refractivity contribution >= 4 is 11.9 Å². The molecule has 0 spiro atoms. The lowest BCUT2D eigenvalue weighted by atomic mass is 10.0. The molecule has 4 unspecified atom stereocenters. The average molecular weight is 257 g/mol. The van der Waals surface area contributed by atoms with Gasteiger partial charge in [0.25, 0.3) is 5.91 Å². The van der Waals surface area contributed by atoms with Crippen molar-refractivity contribution in [2.24, 2.45) is 5.92 Å². The number of amides is 1. The molecule has 0 aliphatic carbocycles. The molecule has 2 saturated heterocycles. The van der Waals surface area contributed by atoms with Gasteiger partial charge in [-0.2, -0.15) is 0 Å². The van der Waals surface area contributed by atoms with Crippen molar-refractivity contribution in [1.82, 2.24) is 4.90 Å². The quantitative estimate of drug-likeness (QED) is 0.734. The van der Waals surface area contributed by atoms with Crippen molar-refractivity contribution in [2.45, 2.75) is 44.4 Å². The third kappa shape index (κ3) is 2.35. The average Bonchev–Trinajstić information content (AvgIpc) is 2.94. The zero-order valence-corrected chi connectivity index (χ0v) is 10.4. The van der Waals surface area contributed by atoms with E-state index in [0.717, 1.165) is 6.42 Å². The summed E-state index contributed by atoms with van der Waals surface area (Å²) in [5, 5.41) is 18.1. The fourth-order valence-corrected chi connectivity index (χ4v) is 2.75. The minimum atomic E-state index is -1.02. The molecule has 6 nitrogen and oxygen atoms in total. The van der Waals surface area contributed by atoms with Crippen molar-refractivity contribution < 1.29 is 24.5 Å². The van der Waals surface area contributed by atoms with E-state index in [1.807, 2.05) is 6.92 Å². The van der Waals surface area contributed by atoms with E-state index < -0.39 is 18.2 Å². The first-order valence-corrected chi connectivity index (χ1v) is 6.34. The highest BCUT2D eigenvalue weighted by atomic mass is 16.5. The molecule has 0 bridgehead atoms. The molecule has 2 fully saturated rings. The Morgan fingerprint density at radius 1 is 1.28 bits per heavy atom. The standard InChI is InChI=1S/C12H19NO5/c1-7-4-5-13(8(7)6-14)11(15)9-2-3-10(18-9)12(16)17/h7-10,14H,2-6H2,1H3,(H,16,17). The van der Waals surface area contributed by atoms with E-state index in [4.69, 9.17) is 9.84 Å². The SMILES string of the molecule is CC1CCN(C(=O)C2CCC(C(=O)O)O2)C1CO. The Bertz CT molecular complexity index is 345. The van der Waals surface area contributed by atoms with Crippen LogP contribution in [-0.2, 0) is 14.3 Å². The maximum atomic E-state index is 12.2. The second kappa shape index (κ2) is 5.24. The molecule has 2 heterocycles. The molecule has 0 radical (unpaired) electrons. The van der Waals surface area contributed by atoms with Crippen LogP contribution >= 0.6 is 0 Å². The monoisotopic (exact) mass is 257 g/mol. The van der Waals surface area contributed by atoms with E-state index >= 15 is 0 Å². The van der Waals surface area contributed by atoms with Crippen LogP contribution in [0.4, 0.5) is 0 Å². The lowest BCUT2D eigenvalue weighted by molar-refractivity contribution is -0.155. The summed E-state index contributed by atoms with van der Waals surface area (Å²) in [6.45, 7) is 2.56. The van der Waals surface area contributed by atoms with Crippen LogP contribution in [0.3, 0.4) is 0 Å². The number of aliphatic hydroxyl groups excluding tert-OH is 1. The minimum Gasteiger partial charge on any atom is -0.479 e. The van der Waals surface area contributed by atoms with Crippen molar-refractivity contribution in [1.29, 1.82) is 0 Å². The van der Waals surface area contributed by atoms with Gasteiger partial charge in [0.1, 0.15) is 6.10 Å². The number of aliphatic hydroxyl groups is 1. The van der Waals surface area contributed by atoms with Crippen LogP contribution in [0.25, 0.3) is 0 Å². The molecule has 0 aromatic rings. The Morgan fingerprint density at radius 2 is 1.94 bits per heavy atom. The molecule has 2 aliphatic rings. The molecule has 2 N–H and O–H groups in total. The zero-order valence-electron chi connectivity index (χ0n) is 10.4. The lowest BCUT2D eigenvalue weighted by Crippen LogP contribution is -2.45. The Hall–Kier alpha value is -1.14. The molecule has 1 amide bonds. The predicted octanol–water partition coefficient (Wildman–Crippen LogP) is -0.152. The van der Waals surface area contributed by atoms with E-state index in [2.05, 4.69) is 0 Å². The largest absolute Gasteiger partial charge is 0.479 e. The molecular formula is C12H19NO5. The summed E-state index contributed by atoms with van der Waals surface area (Å²) in [4.78, 5) is 24.6. The fourth-order valence-electron chi connectivity index (χ4n) is 2.75. The summed E-state index contributed by atoms with van der Waals surface area (Å²) >= 11 is 0. The van der Waals surface area contributed by atoms with Crippen LogP contribution in [-0.4, -0.2) is 58.4 Å². The summed E-state index contributed by atoms with van der Waals surface area (Å²) in [5.41, 5.74) is 0. The van der Waals surface area contributed by atoms with Gasteiger partial charge in [-0.25, -0.2) is 4.79 Å². The maximum absolute atomic E-state index is 12.2. The smallest absolute Gasteiger partial charge is 0.332 e. The Balaban J connectivity index is 1.98. The Kier molecular flexibility index (Phi) is 3.87. The number of rotatable bonds is 3. The van der Waals surface area contributed by atoms with Crippen LogP contribution in [0.1, 0.15) is 26.2 Å². The van der Waals surface area contributed by atoms with Gasteiger partial charge in [-0.15, -0.1) is 0 Å². The minimum absolute atomic E-state index is 0.0536. The van der Waals surface area contributed by atoms with Gasteiger partial charge < -0.3 is 19.8 Å². The fraction of sp³-hybridized carbons (Fsp3) is 0.833. The van der Waals surface area contributed by atoms with E-state index in [1.54, 1.807) is 4.90 Å². The first kappa shape index (κ1) is 13.3. The van der Waals surface area contributed by atoms with Gasteiger partial charge in [0.15, 0.2) is 6.10 Å². The van der Waals surface area contributed by atoms with E-state index in [-0.39, 0.29) is 24.5 Å². The molecule has 0 aromatic heterocycles. The third-order valence-corrected chi connectivity index (χ3v) is 3.92. The van der Waals surface area contributed by atoms with Crippen molar-refractivity contribution in [2.75, 3.05) is 13.2 Å². The molecule has 6 heteroatoms. The summed E-state index contributed by atoms with van der Waals surface area (Å²) in [6, 6.07) is -0.162. The van der Waals surface area contributed by atoms with E-state index in [1.165, 1.54) is 0 Å². The number of likely N-dealkylation sites (tertiary alicyclic amines) is 1. The molecule has 0 saturated carbocycles. The molecule has 0 aromatic carbocycles. The predicted molar refractivity (Wildman–Crippen MR) is 61.9 cm³/mol. The van der Waals surface area contributed by atoms with Crippen molar-refractivity contribution in [3.8, 4) is 0 Å². The number of nitrogens with zero attached hydrogens (tertiary/aromatic N) is 1. The van der Waals surface area contributed by atoms with Crippen LogP contribution in [0.5, 0.6) is 0 Å². The molecule has 2 aliphatic heterocycles. The van der Waals surface area contributed by atoms with Gasteiger partial charge in [0, 0.05) is 6.54 Å². The van der Waals surface area contributed by atoms with E-state index in [9.17, 15) is 14.7 Å². The lowest BCUT2D eigenvalue weighted by Gasteiger charge is -2.27. The molecule has 102 valence electrons. The molecule has 2 rings (SSSR count). The van der Waals surface area contributed by atoms with Gasteiger partial charge in [0.2, 0.25) is 0 Å². The van der Waals surface area contributed by atoms with Crippen LogP contribution in [0, 0.1) is 5.92 Å². The topological polar surface area (TPSA) is 87.1 Å². The summed E-state index contributed by atoms with van der Waals surface area (Å²) in [7, 11) is 0. The normalized spacial score (nSPS) is 36.0. The third-order valence-electron chi connectivity index (χ3n) is 3.92. The number of ether oxygens (including phenoxy) is 1. The van der Waals surface area contributed by atoms with Crippen LogP contribution < -0.4 is 0 Å². The zero-order chi connectivity index (χ0) is 13.3. The second-order valence-electron chi connectivity index (χ2n) is 5.08. The van der Waals surface area contributed by atoms with Gasteiger partial charge >= 0.3 is 5.97 Å². The highest BCUT2D eigenvalue weighted by Gasteiger charge is 2.41. The van der Waals surface area contributed by atoms with Gasteiger partial charge in [-0.3, -0.25) is 4.79 Å². The van der Waals surface area contributed by atoms with Gasteiger partial charge in [-0.1, -0.05) is 6.92 Å². The molecular weight excluding hydrogens is 238 g/mol. The Morgan fingerprint density at radius 3 is 2.50 bits per heavy atom. The maximum Gasteiger partial charge on any atom is 0.332 e. The Labute approximate surface area is 106 Å². The number of aliphatic carboxylic acids is 1. The second-order valence-corrected chi connectivity index (χ2v) is 5.08. The first-order chi connectivity index (χ1) is 8.54. The summed E-state index contributed by atoms with van der Waals surface area (Å²) in [5.74, 6) is -0.920. The number of carboxylic acids is 1. The van der Waals surface area contributed by atoms with Crippen LogP contribution in [0.2, 0.25) is 0 Å². The number of carbonyl (C=O) groups excluding carboxylic acids is 1. The highest BCUT2D eigenvalue weighted by Crippen LogP contribution is 2.28. The van der Waals surface area contributed by atoms with Gasteiger partial charge in [-0.05, 0) is 25.2 Å². The van der Waals surface area contributed by atoms with E-state index in [0.29, 0.717) is 19.4 Å². The van der Waals surface area contributed by atoms with Crippen molar-refractivity contribution in [3.05, 3.63) is 0 Å². The molecule has 4 atom stereocenters. The number of hydrogen-bond donors (Lipinski definition) is 2. The highest BCUT2D eigenvalue weighted by molar-refractivity contribution is 5.83. The summed E-state index contributed by atoms with van der Waals surface area (Å²) in [6.07, 6.45) is 0.154. The molecule has 18 heavy (non-hydrogen) atoms. The number of carbonyl (C=O) groups is 2. The summed E-state index contributed by atoms with van der Waals surface area (Å²) < 4.78 is 5.25. The van der Waals surface area contributed by atoms with Crippen LogP contribution in [0.15, 0.2) is 0 Å². The number of hydrogen-bond acceptors (Lipinski definition) is 4. The van der Waals surface area contributed by atoms with Gasteiger partial charge in [0.05, 0.1) is 12.6 Å².